The van der Waals surface area contributed by atoms with E-state index in [1.165, 1.54) is 0 Å². The summed E-state index contributed by atoms with van der Waals surface area (Å²) in [7, 11) is 0. The van der Waals surface area contributed by atoms with E-state index in [1.807, 2.05) is 32.0 Å². The summed E-state index contributed by atoms with van der Waals surface area (Å²) < 4.78 is 2.58. The second-order valence-corrected chi connectivity index (χ2v) is 5.38. The van der Waals surface area contributed by atoms with Crippen LogP contribution >= 0.6 is 27.5 Å². The Morgan fingerprint density at radius 2 is 2.22 bits per heavy atom. The summed E-state index contributed by atoms with van der Waals surface area (Å²) in [6.45, 7) is 4.64. The molecular formula is C13H14BrClN2O. The van der Waals surface area contributed by atoms with Crippen molar-refractivity contribution in [2.24, 2.45) is 0 Å². The van der Waals surface area contributed by atoms with Crippen molar-refractivity contribution in [1.82, 2.24) is 9.78 Å². The molecule has 0 aliphatic heterocycles. The Bertz CT molecular complexity index is 568. The second kappa shape index (κ2) is 5.43. The maximum absolute atomic E-state index is 10.5. The third-order valence-corrected chi connectivity index (χ3v) is 3.82. The number of hydrogen-bond donors (Lipinski definition) is 1. The highest BCUT2D eigenvalue weighted by Crippen LogP contribution is 2.32. The van der Waals surface area contributed by atoms with Crippen LogP contribution in [-0.4, -0.2) is 14.9 Å². The first-order valence-electron chi connectivity index (χ1n) is 5.70. The number of hydrogen-bond acceptors (Lipinski definition) is 2. The van der Waals surface area contributed by atoms with Crippen LogP contribution in [0.4, 0.5) is 0 Å². The van der Waals surface area contributed by atoms with Crippen LogP contribution in [0.25, 0.3) is 0 Å². The molecule has 0 fully saturated rings. The molecule has 0 radical (unpaired) electrons. The molecule has 1 aromatic heterocycles. The fourth-order valence-electron chi connectivity index (χ4n) is 1.90. The molecule has 0 spiro atoms. The van der Waals surface area contributed by atoms with E-state index in [4.69, 9.17) is 11.6 Å². The standard InChI is InChI=1S/C13H14BrClN2O/c1-3-17-12(11(15)7-16-17)13(18)9-5-4-8(2)6-10(9)14/h4-7,13,18H,3H2,1-2H3. The number of aryl methyl sites for hydroxylation is 2. The predicted molar refractivity (Wildman–Crippen MR) is 75.9 cm³/mol. The number of benzene rings is 1. The Hall–Kier alpha value is -0.840. The summed E-state index contributed by atoms with van der Waals surface area (Å²) in [5, 5.41) is 15.1. The van der Waals surface area contributed by atoms with Crippen molar-refractivity contribution in [3.63, 3.8) is 0 Å². The van der Waals surface area contributed by atoms with Crippen LogP contribution in [0.1, 0.15) is 29.8 Å². The molecule has 2 aromatic rings. The minimum Gasteiger partial charge on any atom is -0.382 e. The van der Waals surface area contributed by atoms with Gasteiger partial charge in [-0.1, -0.05) is 39.7 Å². The largest absolute Gasteiger partial charge is 0.382 e. The van der Waals surface area contributed by atoms with E-state index >= 15 is 0 Å². The van der Waals surface area contributed by atoms with E-state index in [9.17, 15) is 5.11 Å². The normalized spacial score (nSPS) is 12.7. The van der Waals surface area contributed by atoms with Gasteiger partial charge in [-0.25, -0.2) is 0 Å². The molecule has 2 rings (SSSR count). The molecule has 5 heteroatoms. The number of aliphatic hydroxyl groups is 1. The molecule has 0 aliphatic rings. The van der Waals surface area contributed by atoms with Crippen LogP contribution < -0.4 is 0 Å². The van der Waals surface area contributed by atoms with E-state index < -0.39 is 6.10 Å². The predicted octanol–water partition coefficient (Wildman–Crippen LogP) is 3.71. The number of aromatic nitrogens is 2. The summed E-state index contributed by atoms with van der Waals surface area (Å²) in [6, 6.07) is 5.83. The maximum Gasteiger partial charge on any atom is 0.123 e. The molecule has 0 saturated carbocycles. The van der Waals surface area contributed by atoms with Gasteiger partial charge in [-0.05, 0) is 25.5 Å². The van der Waals surface area contributed by atoms with Gasteiger partial charge in [0, 0.05) is 16.6 Å². The molecule has 0 amide bonds. The van der Waals surface area contributed by atoms with Crippen molar-refractivity contribution in [2.45, 2.75) is 26.5 Å². The Kier molecular flexibility index (Phi) is 4.10. The van der Waals surface area contributed by atoms with Gasteiger partial charge < -0.3 is 5.11 Å². The molecule has 0 saturated heterocycles. The summed E-state index contributed by atoms with van der Waals surface area (Å²) in [5.41, 5.74) is 2.55. The van der Waals surface area contributed by atoms with Crippen molar-refractivity contribution in [3.8, 4) is 0 Å². The first kappa shape index (κ1) is 13.6. The van der Waals surface area contributed by atoms with Crippen LogP contribution in [0.5, 0.6) is 0 Å². The fourth-order valence-corrected chi connectivity index (χ4v) is 2.85. The topological polar surface area (TPSA) is 38.0 Å². The summed E-state index contributed by atoms with van der Waals surface area (Å²) in [4.78, 5) is 0. The lowest BCUT2D eigenvalue weighted by Crippen LogP contribution is -2.10. The van der Waals surface area contributed by atoms with Gasteiger partial charge in [0.2, 0.25) is 0 Å². The summed E-state index contributed by atoms with van der Waals surface area (Å²) in [5.74, 6) is 0. The Balaban J connectivity index is 2.47. The summed E-state index contributed by atoms with van der Waals surface area (Å²) >= 11 is 9.57. The van der Waals surface area contributed by atoms with Gasteiger partial charge in [0.25, 0.3) is 0 Å². The SMILES string of the molecule is CCn1ncc(Cl)c1C(O)c1ccc(C)cc1Br. The van der Waals surface area contributed by atoms with Gasteiger partial charge in [0.15, 0.2) is 0 Å². The smallest absolute Gasteiger partial charge is 0.123 e. The number of aliphatic hydroxyl groups excluding tert-OH is 1. The first-order chi connectivity index (χ1) is 8.54. The maximum atomic E-state index is 10.5. The van der Waals surface area contributed by atoms with Crippen molar-refractivity contribution in [1.29, 1.82) is 0 Å². The Morgan fingerprint density at radius 3 is 2.83 bits per heavy atom. The first-order valence-corrected chi connectivity index (χ1v) is 6.87. The third kappa shape index (κ3) is 2.46. The van der Waals surface area contributed by atoms with Crippen molar-refractivity contribution in [2.75, 3.05) is 0 Å². The fraction of sp³-hybridized carbons (Fsp3) is 0.308. The third-order valence-electron chi connectivity index (χ3n) is 2.84. The van der Waals surface area contributed by atoms with Gasteiger partial charge in [-0.15, -0.1) is 0 Å². The van der Waals surface area contributed by atoms with Crippen molar-refractivity contribution < 1.29 is 5.11 Å². The molecule has 1 heterocycles. The van der Waals surface area contributed by atoms with Crippen LogP contribution in [0.3, 0.4) is 0 Å². The average molecular weight is 330 g/mol. The molecule has 0 aliphatic carbocycles. The monoisotopic (exact) mass is 328 g/mol. The molecule has 1 aromatic carbocycles. The van der Waals surface area contributed by atoms with Gasteiger partial charge in [-0.3, -0.25) is 4.68 Å². The van der Waals surface area contributed by atoms with Crippen molar-refractivity contribution >= 4 is 27.5 Å². The average Bonchev–Trinajstić information content (AvgIpc) is 2.69. The molecule has 1 N–H and O–H groups in total. The Morgan fingerprint density at radius 1 is 1.50 bits per heavy atom. The number of nitrogens with zero attached hydrogens (tertiary/aromatic N) is 2. The van der Waals surface area contributed by atoms with Gasteiger partial charge >= 0.3 is 0 Å². The quantitative estimate of drug-likeness (QED) is 0.932. The highest BCUT2D eigenvalue weighted by atomic mass is 79.9. The zero-order valence-electron chi connectivity index (χ0n) is 10.2. The molecule has 0 bridgehead atoms. The van der Waals surface area contributed by atoms with Gasteiger partial charge in [0.05, 0.1) is 16.9 Å². The molecule has 96 valence electrons. The van der Waals surface area contributed by atoms with E-state index in [0.29, 0.717) is 17.3 Å². The lowest BCUT2D eigenvalue weighted by atomic mass is 10.0. The van der Waals surface area contributed by atoms with Crippen LogP contribution in [0, 0.1) is 6.92 Å². The van der Waals surface area contributed by atoms with Crippen molar-refractivity contribution in [3.05, 3.63) is 50.7 Å². The van der Waals surface area contributed by atoms with E-state index in [0.717, 1.165) is 15.6 Å². The zero-order chi connectivity index (χ0) is 13.3. The lowest BCUT2D eigenvalue weighted by Gasteiger charge is -2.15. The molecular weight excluding hydrogens is 316 g/mol. The van der Waals surface area contributed by atoms with Crippen LogP contribution in [0.2, 0.25) is 5.02 Å². The van der Waals surface area contributed by atoms with Gasteiger partial charge in [-0.2, -0.15) is 5.10 Å². The molecule has 3 nitrogen and oxygen atoms in total. The van der Waals surface area contributed by atoms with E-state index in [-0.39, 0.29) is 0 Å². The Labute approximate surface area is 120 Å². The minimum atomic E-state index is -0.782. The van der Waals surface area contributed by atoms with Crippen LogP contribution in [0.15, 0.2) is 28.9 Å². The summed E-state index contributed by atoms with van der Waals surface area (Å²) in [6.07, 6.45) is 0.779. The molecule has 18 heavy (non-hydrogen) atoms. The molecule has 1 unspecified atom stereocenters. The highest BCUT2D eigenvalue weighted by molar-refractivity contribution is 9.10. The number of halogens is 2. The zero-order valence-corrected chi connectivity index (χ0v) is 12.5. The minimum absolute atomic E-state index is 0.483. The lowest BCUT2D eigenvalue weighted by molar-refractivity contribution is 0.207. The van der Waals surface area contributed by atoms with Gasteiger partial charge in [0.1, 0.15) is 6.10 Å². The van der Waals surface area contributed by atoms with E-state index in [1.54, 1.807) is 10.9 Å². The highest BCUT2D eigenvalue weighted by Gasteiger charge is 2.21. The van der Waals surface area contributed by atoms with E-state index in [2.05, 4.69) is 21.0 Å². The molecule has 1 atom stereocenters. The number of rotatable bonds is 3. The van der Waals surface area contributed by atoms with Crippen LogP contribution in [-0.2, 0) is 6.54 Å². The second-order valence-electron chi connectivity index (χ2n) is 4.12.